The largest absolute Gasteiger partial charge is 0.378 e. The molecule has 0 radical (unpaired) electrons. The van der Waals surface area contributed by atoms with Gasteiger partial charge in [-0.25, -0.2) is 0 Å². The van der Waals surface area contributed by atoms with Crippen molar-refractivity contribution in [2.24, 2.45) is 5.92 Å². The molecule has 0 aromatic heterocycles. The van der Waals surface area contributed by atoms with E-state index in [1.54, 1.807) is 0 Å². The number of ether oxygens (including phenoxy) is 1. The van der Waals surface area contributed by atoms with Gasteiger partial charge in [0.2, 0.25) is 0 Å². The third kappa shape index (κ3) is 2.69. The first-order valence-corrected chi connectivity index (χ1v) is 6.53. The highest BCUT2D eigenvalue weighted by Crippen LogP contribution is 2.35. The van der Waals surface area contributed by atoms with Crippen LogP contribution in [0.2, 0.25) is 0 Å². The van der Waals surface area contributed by atoms with Crippen LogP contribution in [0.15, 0.2) is 0 Å². The van der Waals surface area contributed by atoms with E-state index in [1.165, 1.54) is 44.9 Å². The average molecular weight is 247 g/mol. The summed E-state index contributed by atoms with van der Waals surface area (Å²) in [6, 6.07) is 0. The fourth-order valence-corrected chi connectivity index (χ4v) is 3.40. The fraction of sp³-hybridized carbons (Fsp3) is 1.00. The van der Waals surface area contributed by atoms with Crippen LogP contribution in [0.3, 0.4) is 0 Å². The second-order valence-electron chi connectivity index (χ2n) is 4.43. The maximum atomic E-state index is 5.68. The summed E-state index contributed by atoms with van der Waals surface area (Å²) in [5, 5.41) is 0. The SMILES string of the molecule is BrC1CCCCC1CC1CCCO1. The molecule has 0 aromatic carbocycles. The third-order valence-corrected chi connectivity index (χ3v) is 4.61. The zero-order valence-corrected chi connectivity index (χ0v) is 9.76. The van der Waals surface area contributed by atoms with Gasteiger partial charge in [-0.05, 0) is 38.0 Å². The second kappa shape index (κ2) is 4.79. The Morgan fingerprint density at radius 3 is 2.62 bits per heavy atom. The van der Waals surface area contributed by atoms with E-state index in [9.17, 15) is 0 Å². The van der Waals surface area contributed by atoms with Crippen molar-refractivity contribution in [1.82, 2.24) is 0 Å². The topological polar surface area (TPSA) is 9.23 Å². The van der Waals surface area contributed by atoms with E-state index in [2.05, 4.69) is 15.9 Å². The Bertz CT molecular complexity index is 154. The molecule has 0 bridgehead atoms. The molecule has 2 fully saturated rings. The van der Waals surface area contributed by atoms with Crippen LogP contribution >= 0.6 is 15.9 Å². The summed E-state index contributed by atoms with van der Waals surface area (Å²) >= 11 is 3.81. The molecule has 76 valence electrons. The summed E-state index contributed by atoms with van der Waals surface area (Å²) in [7, 11) is 0. The molecule has 3 atom stereocenters. The molecule has 1 nitrogen and oxygen atoms in total. The van der Waals surface area contributed by atoms with Crippen LogP contribution in [0, 0.1) is 5.92 Å². The molecule has 1 aliphatic heterocycles. The molecule has 1 saturated carbocycles. The molecule has 2 rings (SSSR count). The van der Waals surface area contributed by atoms with Crippen LogP contribution in [-0.4, -0.2) is 17.5 Å². The molecule has 0 spiro atoms. The van der Waals surface area contributed by atoms with Gasteiger partial charge in [-0.15, -0.1) is 0 Å². The first-order chi connectivity index (χ1) is 6.36. The third-order valence-electron chi connectivity index (χ3n) is 3.41. The second-order valence-corrected chi connectivity index (χ2v) is 5.61. The zero-order valence-electron chi connectivity index (χ0n) is 8.18. The molecule has 2 heteroatoms. The fourth-order valence-electron chi connectivity index (χ4n) is 2.60. The first kappa shape index (κ1) is 9.97. The Balaban J connectivity index is 1.78. The van der Waals surface area contributed by atoms with Gasteiger partial charge in [0.15, 0.2) is 0 Å². The van der Waals surface area contributed by atoms with Gasteiger partial charge in [0.25, 0.3) is 0 Å². The van der Waals surface area contributed by atoms with Crippen LogP contribution < -0.4 is 0 Å². The van der Waals surface area contributed by atoms with E-state index in [0.717, 1.165) is 17.4 Å². The minimum absolute atomic E-state index is 0.586. The Hall–Kier alpha value is 0.440. The van der Waals surface area contributed by atoms with Gasteiger partial charge in [0.05, 0.1) is 6.10 Å². The molecule has 3 unspecified atom stereocenters. The van der Waals surface area contributed by atoms with Crippen LogP contribution in [0.5, 0.6) is 0 Å². The Labute approximate surface area is 89.4 Å². The predicted octanol–water partition coefficient (Wildman–Crippen LogP) is 3.51. The van der Waals surface area contributed by atoms with Crippen LogP contribution in [0.1, 0.15) is 44.9 Å². The van der Waals surface area contributed by atoms with E-state index in [4.69, 9.17) is 4.74 Å². The van der Waals surface area contributed by atoms with Crippen molar-refractivity contribution in [3.8, 4) is 0 Å². The highest BCUT2D eigenvalue weighted by atomic mass is 79.9. The molecule has 1 saturated heterocycles. The van der Waals surface area contributed by atoms with Gasteiger partial charge in [-0.2, -0.15) is 0 Å². The van der Waals surface area contributed by atoms with Gasteiger partial charge < -0.3 is 4.74 Å². The van der Waals surface area contributed by atoms with E-state index in [0.29, 0.717) is 6.10 Å². The minimum atomic E-state index is 0.586. The molecule has 0 N–H and O–H groups in total. The normalized spacial score (nSPS) is 40.8. The van der Waals surface area contributed by atoms with Crippen molar-refractivity contribution in [2.75, 3.05) is 6.61 Å². The number of hydrogen-bond donors (Lipinski definition) is 0. The first-order valence-electron chi connectivity index (χ1n) is 5.62. The Morgan fingerprint density at radius 2 is 1.92 bits per heavy atom. The molecular weight excluding hydrogens is 228 g/mol. The minimum Gasteiger partial charge on any atom is -0.378 e. The van der Waals surface area contributed by atoms with Crippen molar-refractivity contribution >= 4 is 15.9 Å². The maximum absolute atomic E-state index is 5.68. The molecule has 0 aromatic rings. The zero-order chi connectivity index (χ0) is 9.10. The van der Waals surface area contributed by atoms with Gasteiger partial charge in [-0.3, -0.25) is 0 Å². The van der Waals surface area contributed by atoms with Crippen LogP contribution in [0.25, 0.3) is 0 Å². The number of halogens is 1. The molecule has 1 aliphatic carbocycles. The van der Waals surface area contributed by atoms with Crippen molar-refractivity contribution in [3.05, 3.63) is 0 Å². The number of alkyl halides is 1. The monoisotopic (exact) mass is 246 g/mol. The van der Waals surface area contributed by atoms with E-state index >= 15 is 0 Å². The highest BCUT2D eigenvalue weighted by Gasteiger charge is 2.27. The standard InChI is InChI=1S/C11H19BrO/c12-11-6-2-1-4-9(11)8-10-5-3-7-13-10/h9-11H,1-8H2. The lowest BCUT2D eigenvalue weighted by Gasteiger charge is -2.29. The molecule has 1 heterocycles. The van der Waals surface area contributed by atoms with E-state index < -0.39 is 0 Å². The van der Waals surface area contributed by atoms with Crippen molar-refractivity contribution < 1.29 is 4.74 Å². The summed E-state index contributed by atoms with van der Waals surface area (Å²) in [6.07, 6.45) is 10.1. The summed E-state index contributed by atoms with van der Waals surface area (Å²) in [6.45, 7) is 1.00. The van der Waals surface area contributed by atoms with E-state index in [1.807, 2.05) is 0 Å². The quantitative estimate of drug-likeness (QED) is 0.678. The van der Waals surface area contributed by atoms with Crippen molar-refractivity contribution in [1.29, 1.82) is 0 Å². The highest BCUT2D eigenvalue weighted by molar-refractivity contribution is 9.09. The summed E-state index contributed by atoms with van der Waals surface area (Å²) < 4.78 is 5.68. The molecule has 0 amide bonds. The van der Waals surface area contributed by atoms with Crippen molar-refractivity contribution in [2.45, 2.75) is 55.9 Å². The maximum Gasteiger partial charge on any atom is 0.0579 e. The summed E-state index contributed by atoms with van der Waals surface area (Å²) in [5.41, 5.74) is 0. The summed E-state index contributed by atoms with van der Waals surface area (Å²) in [5.74, 6) is 0.886. The molecule has 13 heavy (non-hydrogen) atoms. The lowest BCUT2D eigenvalue weighted by atomic mass is 9.85. The summed E-state index contributed by atoms with van der Waals surface area (Å²) in [4.78, 5) is 0.769. The van der Waals surface area contributed by atoms with Crippen molar-refractivity contribution in [3.63, 3.8) is 0 Å². The number of rotatable bonds is 2. The molecular formula is C11H19BrO. The van der Waals surface area contributed by atoms with Crippen LogP contribution in [-0.2, 0) is 4.74 Å². The Morgan fingerprint density at radius 1 is 1.08 bits per heavy atom. The lowest BCUT2D eigenvalue weighted by molar-refractivity contribution is 0.0847. The lowest BCUT2D eigenvalue weighted by Crippen LogP contribution is -2.23. The van der Waals surface area contributed by atoms with E-state index in [-0.39, 0.29) is 0 Å². The van der Waals surface area contributed by atoms with Crippen LogP contribution in [0.4, 0.5) is 0 Å². The Kier molecular flexibility index (Phi) is 3.67. The number of hydrogen-bond acceptors (Lipinski definition) is 1. The van der Waals surface area contributed by atoms with Gasteiger partial charge in [0.1, 0.15) is 0 Å². The average Bonchev–Trinajstić information content (AvgIpc) is 2.61. The molecule has 2 aliphatic rings. The van der Waals surface area contributed by atoms with Gasteiger partial charge >= 0.3 is 0 Å². The van der Waals surface area contributed by atoms with Gasteiger partial charge in [-0.1, -0.05) is 28.8 Å². The van der Waals surface area contributed by atoms with Gasteiger partial charge in [0, 0.05) is 11.4 Å². The smallest absolute Gasteiger partial charge is 0.0579 e. The predicted molar refractivity (Wildman–Crippen MR) is 58.3 cm³/mol.